The van der Waals surface area contributed by atoms with E-state index >= 15 is 0 Å². The number of amides is 1. The Morgan fingerprint density at radius 3 is 2.46 bits per heavy atom. The van der Waals surface area contributed by atoms with Crippen molar-refractivity contribution in [1.29, 1.82) is 0 Å². The van der Waals surface area contributed by atoms with Crippen LogP contribution in [0.4, 0.5) is 0 Å². The van der Waals surface area contributed by atoms with E-state index in [2.05, 4.69) is 15.6 Å². The van der Waals surface area contributed by atoms with E-state index in [0.29, 0.717) is 16.3 Å². The summed E-state index contributed by atoms with van der Waals surface area (Å²) in [4.78, 5) is 11.9. The molecule has 0 saturated carbocycles. The van der Waals surface area contributed by atoms with Crippen LogP contribution in [0.5, 0.6) is 0 Å². The van der Waals surface area contributed by atoms with Crippen LogP contribution in [-0.2, 0) is 4.79 Å². The monoisotopic (exact) mass is 363 g/mol. The number of hydrogen-bond donors (Lipinski definition) is 2. The fraction of sp³-hybridized carbons (Fsp3) is 0. The van der Waals surface area contributed by atoms with Crippen LogP contribution >= 0.6 is 11.6 Å². The van der Waals surface area contributed by atoms with Gasteiger partial charge in [0.05, 0.1) is 22.6 Å². The molecule has 3 aromatic rings. The summed E-state index contributed by atoms with van der Waals surface area (Å²) in [6.45, 7) is 0. The minimum absolute atomic E-state index is 0.156. The van der Waals surface area contributed by atoms with Crippen molar-refractivity contribution in [3.8, 4) is 16.9 Å². The van der Waals surface area contributed by atoms with Gasteiger partial charge >= 0.3 is 0 Å². The lowest BCUT2D eigenvalue weighted by molar-refractivity contribution is -0.116. The third kappa shape index (κ3) is 2.98. The predicted octanol–water partition coefficient (Wildman–Crippen LogP) is 2.98. The second-order valence-corrected chi connectivity index (χ2v) is 6.14. The van der Waals surface area contributed by atoms with Crippen LogP contribution in [0.15, 0.2) is 71.3 Å². The molecule has 0 atom stereocenters. The number of nitrogens with zero attached hydrogens (tertiary/aromatic N) is 3. The molecule has 1 aliphatic rings. The first-order valence-corrected chi connectivity index (χ1v) is 8.26. The molecule has 0 aliphatic carbocycles. The van der Waals surface area contributed by atoms with E-state index in [1.807, 2.05) is 60.7 Å². The standard InChI is InChI=1S/C19H14ClN5O/c20-13-8-6-12(7-9-13)17-11-15(10-16-18(21)22-23-19(16)26)25(24-17)14-4-2-1-3-5-14/h1-11H,(H2,21,22)(H,23,26)/b16-10-. The van der Waals surface area contributed by atoms with Crippen molar-refractivity contribution in [1.82, 2.24) is 15.2 Å². The Morgan fingerprint density at radius 2 is 1.81 bits per heavy atom. The summed E-state index contributed by atoms with van der Waals surface area (Å²) < 4.78 is 1.76. The third-order valence-corrected chi connectivity index (χ3v) is 4.22. The van der Waals surface area contributed by atoms with Crippen molar-refractivity contribution in [2.24, 2.45) is 10.8 Å². The number of nitrogens with one attached hydrogen (secondary N) is 1. The average Bonchev–Trinajstić information content (AvgIpc) is 3.22. The molecule has 0 saturated heterocycles. The van der Waals surface area contributed by atoms with Crippen LogP contribution in [-0.4, -0.2) is 21.5 Å². The maximum absolute atomic E-state index is 11.9. The number of carbonyl (C=O) groups excluding carboxylic acids is 1. The summed E-state index contributed by atoms with van der Waals surface area (Å²) in [5.41, 5.74) is 11.7. The molecule has 0 fully saturated rings. The van der Waals surface area contributed by atoms with Gasteiger partial charge in [0.15, 0.2) is 5.84 Å². The molecule has 0 unspecified atom stereocenters. The number of benzene rings is 2. The van der Waals surface area contributed by atoms with Crippen LogP contribution in [0.2, 0.25) is 5.02 Å². The lowest BCUT2D eigenvalue weighted by atomic mass is 10.1. The number of aromatic nitrogens is 2. The molecule has 7 heteroatoms. The highest BCUT2D eigenvalue weighted by Crippen LogP contribution is 2.25. The van der Waals surface area contributed by atoms with Gasteiger partial charge in [-0.15, -0.1) is 0 Å². The summed E-state index contributed by atoms with van der Waals surface area (Å²) in [6.07, 6.45) is 1.68. The first kappa shape index (κ1) is 16.1. The molecule has 2 aromatic carbocycles. The van der Waals surface area contributed by atoms with Crippen LogP contribution < -0.4 is 11.2 Å². The van der Waals surface area contributed by atoms with Gasteiger partial charge in [0.2, 0.25) is 0 Å². The minimum Gasteiger partial charge on any atom is -0.382 e. The zero-order valence-corrected chi connectivity index (χ0v) is 14.3. The van der Waals surface area contributed by atoms with Gasteiger partial charge in [-0.05, 0) is 36.4 Å². The highest BCUT2D eigenvalue weighted by atomic mass is 35.5. The van der Waals surface area contributed by atoms with Gasteiger partial charge in [-0.25, -0.2) is 10.1 Å². The Hall–Kier alpha value is -3.38. The Balaban J connectivity index is 1.86. The number of hydrazone groups is 1. The Morgan fingerprint density at radius 1 is 1.08 bits per heavy atom. The number of rotatable bonds is 3. The molecular weight excluding hydrogens is 350 g/mol. The summed E-state index contributed by atoms with van der Waals surface area (Å²) in [7, 11) is 0. The number of para-hydroxylation sites is 1. The Labute approximate surface area is 154 Å². The molecular formula is C19H14ClN5O. The summed E-state index contributed by atoms with van der Waals surface area (Å²) in [6, 6.07) is 19.0. The largest absolute Gasteiger partial charge is 0.382 e. The lowest BCUT2D eigenvalue weighted by Crippen LogP contribution is -2.17. The molecule has 1 amide bonds. The van der Waals surface area contributed by atoms with E-state index in [4.69, 9.17) is 17.3 Å². The fourth-order valence-electron chi connectivity index (χ4n) is 2.67. The van der Waals surface area contributed by atoms with Crippen molar-refractivity contribution in [2.45, 2.75) is 0 Å². The average molecular weight is 364 g/mol. The van der Waals surface area contributed by atoms with E-state index in [1.54, 1.807) is 10.8 Å². The Bertz CT molecular complexity index is 1040. The topological polar surface area (TPSA) is 85.3 Å². The molecule has 26 heavy (non-hydrogen) atoms. The number of halogens is 1. The number of amidine groups is 1. The third-order valence-electron chi connectivity index (χ3n) is 3.97. The lowest BCUT2D eigenvalue weighted by Gasteiger charge is -2.04. The molecule has 0 spiro atoms. The highest BCUT2D eigenvalue weighted by Gasteiger charge is 2.21. The van der Waals surface area contributed by atoms with E-state index in [-0.39, 0.29) is 11.7 Å². The van der Waals surface area contributed by atoms with Gasteiger partial charge in [-0.3, -0.25) is 4.79 Å². The van der Waals surface area contributed by atoms with Gasteiger partial charge < -0.3 is 5.73 Å². The SMILES string of the molecule is NC1=NNC(=O)/C1=C\c1cc(-c2ccc(Cl)cc2)nn1-c1ccccc1. The second-order valence-electron chi connectivity index (χ2n) is 5.70. The highest BCUT2D eigenvalue weighted by molar-refractivity contribution is 6.30. The molecule has 0 radical (unpaired) electrons. The molecule has 0 bridgehead atoms. The van der Waals surface area contributed by atoms with Gasteiger partial charge in [0.25, 0.3) is 5.91 Å². The van der Waals surface area contributed by atoms with Gasteiger partial charge in [0.1, 0.15) is 0 Å². The molecule has 1 aliphatic heterocycles. The second kappa shape index (κ2) is 6.50. The van der Waals surface area contributed by atoms with Gasteiger partial charge in [0, 0.05) is 10.6 Å². The number of hydrogen-bond acceptors (Lipinski definition) is 4. The van der Waals surface area contributed by atoms with Crippen molar-refractivity contribution in [3.05, 3.63) is 77.0 Å². The van der Waals surface area contributed by atoms with Crippen LogP contribution in [0.25, 0.3) is 23.0 Å². The summed E-state index contributed by atoms with van der Waals surface area (Å²) in [5, 5.41) is 9.10. The normalized spacial score (nSPS) is 15.2. The van der Waals surface area contributed by atoms with Crippen LogP contribution in [0.3, 0.4) is 0 Å². The van der Waals surface area contributed by atoms with Gasteiger partial charge in [-0.2, -0.15) is 10.2 Å². The summed E-state index contributed by atoms with van der Waals surface area (Å²) in [5.74, 6) is -0.180. The van der Waals surface area contributed by atoms with E-state index in [1.165, 1.54) is 0 Å². The first-order chi connectivity index (χ1) is 12.6. The van der Waals surface area contributed by atoms with Crippen LogP contribution in [0, 0.1) is 0 Å². The van der Waals surface area contributed by atoms with Crippen LogP contribution in [0.1, 0.15) is 5.69 Å². The van der Waals surface area contributed by atoms with Crippen molar-refractivity contribution in [3.63, 3.8) is 0 Å². The van der Waals surface area contributed by atoms with E-state index in [9.17, 15) is 4.79 Å². The first-order valence-electron chi connectivity index (χ1n) is 7.89. The van der Waals surface area contributed by atoms with Crippen molar-refractivity contribution in [2.75, 3.05) is 0 Å². The van der Waals surface area contributed by atoms with Crippen molar-refractivity contribution >= 4 is 29.4 Å². The quantitative estimate of drug-likeness (QED) is 0.701. The van der Waals surface area contributed by atoms with E-state index in [0.717, 1.165) is 16.9 Å². The van der Waals surface area contributed by atoms with E-state index < -0.39 is 0 Å². The molecule has 4 rings (SSSR count). The number of carbonyl (C=O) groups is 1. The predicted molar refractivity (Wildman–Crippen MR) is 102 cm³/mol. The fourth-order valence-corrected chi connectivity index (χ4v) is 2.80. The molecule has 1 aromatic heterocycles. The summed E-state index contributed by atoms with van der Waals surface area (Å²) >= 11 is 5.97. The molecule has 2 heterocycles. The molecule has 128 valence electrons. The Kier molecular flexibility index (Phi) is 4.02. The zero-order valence-electron chi connectivity index (χ0n) is 13.6. The molecule has 3 N–H and O–H groups in total. The smallest absolute Gasteiger partial charge is 0.275 e. The maximum Gasteiger partial charge on any atom is 0.275 e. The van der Waals surface area contributed by atoms with Gasteiger partial charge in [-0.1, -0.05) is 41.9 Å². The molecule has 6 nitrogen and oxygen atoms in total. The minimum atomic E-state index is -0.337. The zero-order chi connectivity index (χ0) is 18.1. The maximum atomic E-state index is 11.9. The van der Waals surface area contributed by atoms with Crippen molar-refractivity contribution < 1.29 is 4.79 Å². The number of nitrogens with two attached hydrogens (primary N) is 1.